The van der Waals surface area contributed by atoms with E-state index in [1.54, 1.807) is 6.92 Å². The van der Waals surface area contributed by atoms with E-state index in [2.05, 4.69) is 4.98 Å². The number of ether oxygens (including phenoxy) is 1. The molecular weight excluding hydrogens is 238 g/mol. The summed E-state index contributed by atoms with van der Waals surface area (Å²) >= 11 is 0. The van der Waals surface area contributed by atoms with Crippen LogP contribution in [0, 0.1) is 6.92 Å². The molecule has 0 amide bonds. The number of benzene rings is 1. The van der Waals surface area contributed by atoms with Crippen molar-refractivity contribution >= 4 is 10.9 Å². The number of pyridine rings is 1. The Morgan fingerprint density at radius 1 is 1.21 bits per heavy atom. The predicted molar refractivity (Wildman–Crippen MR) is 77.5 cm³/mol. The zero-order valence-electron chi connectivity index (χ0n) is 12.2. The van der Waals surface area contributed by atoms with Gasteiger partial charge in [0.15, 0.2) is 0 Å². The number of aliphatic hydroxyl groups is 1. The zero-order valence-corrected chi connectivity index (χ0v) is 12.2. The van der Waals surface area contributed by atoms with Crippen LogP contribution >= 0.6 is 0 Å². The SMILES string of the molecule is Cc1cc(C(C)O)nc2ccc(OC(C)(C)C)cc12. The average Bonchev–Trinajstić information content (AvgIpc) is 2.27. The number of nitrogens with zero attached hydrogens (tertiary/aromatic N) is 1. The summed E-state index contributed by atoms with van der Waals surface area (Å²) in [7, 11) is 0. The molecule has 102 valence electrons. The highest BCUT2D eigenvalue weighted by Gasteiger charge is 2.13. The smallest absolute Gasteiger partial charge is 0.120 e. The van der Waals surface area contributed by atoms with Crippen LogP contribution in [0.2, 0.25) is 0 Å². The molecule has 3 nitrogen and oxygen atoms in total. The Hall–Kier alpha value is -1.61. The third-order valence-corrected chi connectivity index (χ3v) is 2.86. The first-order chi connectivity index (χ1) is 8.76. The quantitative estimate of drug-likeness (QED) is 0.892. The lowest BCUT2D eigenvalue weighted by molar-refractivity contribution is 0.131. The van der Waals surface area contributed by atoms with E-state index in [1.165, 1.54) is 0 Å². The monoisotopic (exact) mass is 259 g/mol. The molecule has 0 saturated carbocycles. The van der Waals surface area contributed by atoms with Gasteiger partial charge in [-0.15, -0.1) is 0 Å². The topological polar surface area (TPSA) is 42.4 Å². The van der Waals surface area contributed by atoms with Crippen LogP contribution in [0.25, 0.3) is 10.9 Å². The van der Waals surface area contributed by atoms with Gasteiger partial charge in [-0.3, -0.25) is 4.98 Å². The van der Waals surface area contributed by atoms with Crippen LogP contribution in [0.4, 0.5) is 0 Å². The maximum Gasteiger partial charge on any atom is 0.120 e. The third-order valence-electron chi connectivity index (χ3n) is 2.86. The average molecular weight is 259 g/mol. The summed E-state index contributed by atoms with van der Waals surface area (Å²) in [6, 6.07) is 7.80. The van der Waals surface area contributed by atoms with Gasteiger partial charge >= 0.3 is 0 Å². The number of hydrogen-bond donors (Lipinski definition) is 1. The van der Waals surface area contributed by atoms with E-state index >= 15 is 0 Å². The number of aryl methyl sites for hydroxylation is 1. The van der Waals surface area contributed by atoms with E-state index in [-0.39, 0.29) is 5.60 Å². The van der Waals surface area contributed by atoms with Crippen molar-refractivity contribution in [2.75, 3.05) is 0 Å². The van der Waals surface area contributed by atoms with Crippen molar-refractivity contribution in [3.8, 4) is 5.75 Å². The first-order valence-electron chi connectivity index (χ1n) is 6.55. The van der Waals surface area contributed by atoms with Crippen LogP contribution in [-0.4, -0.2) is 15.7 Å². The molecule has 2 rings (SSSR count). The highest BCUT2D eigenvalue weighted by Crippen LogP contribution is 2.27. The van der Waals surface area contributed by atoms with E-state index in [4.69, 9.17) is 4.74 Å². The molecule has 3 heteroatoms. The van der Waals surface area contributed by atoms with Crippen LogP contribution in [0.1, 0.15) is 45.1 Å². The lowest BCUT2D eigenvalue weighted by Gasteiger charge is -2.21. The number of hydrogen-bond acceptors (Lipinski definition) is 3. The molecule has 1 N–H and O–H groups in total. The van der Waals surface area contributed by atoms with Crippen LogP contribution < -0.4 is 4.74 Å². The predicted octanol–water partition coefficient (Wildman–Crippen LogP) is 3.77. The second-order valence-electron chi connectivity index (χ2n) is 5.93. The van der Waals surface area contributed by atoms with Gasteiger partial charge in [-0.05, 0) is 64.4 Å². The Bertz CT molecular complexity index is 597. The minimum absolute atomic E-state index is 0.214. The molecule has 0 spiro atoms. The third kappa shape index (κ3) is 3.24. The summed E-state index contributed by atoms with van der Waals surface area (Å²) in [5.41, 5.74) is 2.47. The normalized spacial score (nSPS) is 13.6. The molecule has 2 aromatic rings. The highest BCUT2D eigenvalue weighted by atomic mass is 16.5. The molecule has 1 heterocycles. The van der Waals surface area contributed by atoms with Crippen molar-refractivity contribution in [1.82, 2.24) is 4.98 Å². The summed E-state index contributed by atoms with van der Waals surface area (Å²) in [6.07, 6.45) is -0.548. The van der Waals surface area contributed by atoms with Gasteiger partial charge in [0.2, 0.25) is 0 Å². The van der Waals surface area contributed by atoms with Crippen molar-refractivity contribution in [2.24, 2.45) is 0 Å². The first kappa shape index (κ1) is 13.8. The van der Waals surface area contributed by atoms with Crippen molar-refractivity contribution in [3.05, 3.63) is 35.5 Å². The fraction of sp³-hybridized carbons (Fsp3) is 0.438. The number of aromatic nitrogens is 1. The molecule has 19 heavy (non-hydrogen) atoms. The van der Waals surface area contributed by atoms with Gasteiger partial charge in [0.25, 0.3) is 0 Å². The van der Waals surface area contributed by atoms with E-state index in [0.29, 0.717) is 5.69 Å². The Balaban J connectivity index is 2.49. The van der Waals surface area contributed by atoms with Gasteiger partial charge in [-0.25, -0.2) is 0 Å². The van der Waals surface area contributed by atoms with Gasteiger partial charge in [0, 0.05) is 5.39 Å². The van der Waals surface area contributed by atoms with Crippen molar-refractivity contribution in [2.45, 2.75) is 46.3 Å². The van der Waals surface area contributed by atoms with Crippen LogP contribution in [-0.2, 0) is 0 Å². The lowest BCUT2D eigenvalue weighted by Crippen LogP contribution is -2.22. The number of aliphatic hydroxyl groups excluding tert-OH is 1. The Morgan fingerprint density at radius 2 is 1.89 bits per heavy atom. The molecule has 1 unspecified atom stereocenters. The fourth-order valence-corrected chi connectivity index (χ4v) is 2.03. The van der Waals surface area contributed by atoms with E-state index in [1.807, 2.05) is 52.0 Å². The van der Waals surface area contributed by atoms with Crippen LogP contribution in [0.5, 0.6) is 5.75 Å². The van der Waals surface area contributed by atoms with Crippen LogP contribution in [0.3, 0.4) is 0 Å². The molecule has 0 aliphatic rings. The summed E-state index contributed by atoms with van der Waals surface area (Å²) in [4.78, 5) is 4.47. The maximum atomic E-state index is 9.63. The Labute approximate surface area is 114 Å². The van der Waals surface area contributed by atoms with E-state index in [9.17, 15) is 5.11 Å². The first-order valence-corrected chi connectivity index (χ1v) is 6.55. The second-order valence-corrected chi connectivity index (χ2v) is 5.93. The molecule has 1 aromatic carbocycles. The summed E-state index contributed by atoms with van der Waals surface area (Å²) in [6.45, 7) is 9.83. The molecular formula is C16H21NO2. The van der Waals surface area contributed by atoms with Gasteiger partial charge in [-0.1, -0.05) is 0 Å². The summed E-state index contributed by atoms with van der Waals surface area (Å²) in [5, 5.41) is 10.7. The van der Waals surface area contributed by atoms with Crippen LogP contribution in [0.15, 0.2) is 24.3 Å². The standard InChI is InChI=1S/C16H21NO2/c1-10-8-15(11(2)18)17-14-7-6-12(9-13(10)14)19-16(3,4)5/h6-9,11,18H,1-5H3. The summed E-state index contributed by atoms with van der Waals surface area (Å²) < 4.78 is 5.87. The molecule has 0 bridgehead atoms. The fourth-order valence-electron chi connectivity index (χ4n) is 2.03. The second kappa shape index (κ2) is 4.82. The Kier molecular flexibility index (Phi) is 3.50. The molecule has 1 aromatic heterocycles. The molecule has 0 radical (unpaired) electrons. The largest absolute Gasteiger partial charge is 0.488 e. The summed E-state index contributed by atoms with van der Waals surface area (Å²) in [5.74, 6) is 0.842. The van der Waals surface area contributed by atoms with Gasteiger partial charge < -0.3 is 9.84 Å². The lowest BCUT2D eigenvalue weighted by atomic mass is 10.1. The minimum atomic E-state index is -0.548. The zero-order chi connectivity index (χ0) is 14.2. The molecule has 0 fully saturated rings. The van der Waals surface area contributed by atoms with Crippen molar-refractivity contribution in [3.63, 3.8) is 0 Å². The highest BCUT2D eigenvalue weighted by molar-refractivity contribution is 5.83. The van der Waals surface area contributed by atoms with Crippen molar-refractivity contribution in [1.29, 1.82) is 0 Å². The minimum Gasteiger partial charge on any atom is -0.488 e. The van der Waals surface area contributed by atoms with Gasteiger partial charge in [0.1, 0.15) is 11.4 Å². The van der Waals surface area contributed by atoms with Gasteiger partial charge in [0.05, 0.1) is 17.3 Å². The number of rotatable bonds is 2. The molecule has 1 atom stereocenters. The van der Waals surface area contributed by atoms with E-state index < -0.39 is 6.10 Å². The van der Waals surface area contributed by atoms with Gasteiger partial charge in [-0.2, -0.15) is 0 Å². The Morgan fingerprint density at radius 3 is 2.47 bits per heavy atom. The molecule has 0 saturated heterocycles. The number of fused-ring (bicyclic) bond motifs is 1. The molecule has 0 aliphatic carbocycles. The molecule has 0 aliphatic heterocycles. The van der Waals surface area contributed by atoms with Crippen molar-refractivity contribution < 1.29 is 9.84 Å². The van der Waals surface area contributed by atoms with E-state index in [0.717, 1.165) is 22.2 Å². The maximum absolute atomic E-state index is 9.63.